The van der Waals surface area contributed by atoms with E-state index in [9.17, 15) is 14.7 Å². The van der Waals surface area contributed by atoms with Crippen molar-refractivity contribution < 1.29 is 5.11 Å². The van der Waals surface area contributed by atoms with Crippen LogP contribution in [-0.4, -0.2) is 26.4 Å². The predicted molar refractivity (Wildman–Crippen MR) is 87.5 cm³/mol. The monoisotopic (exact) mass is 330 g/mol. The molecule has 9 nitrogen and oxygen atoms in total. The molecule has 1 heterocycles. The van der Waals surface area contributed by atoms with E-state index in [1.54, 1.807) is 24.3 Å². The Morgan fingerprint density at radius 1 is 1.30 bits per heavy atom. The largest absolute Gasteiger partial charge is 0.494 e. The fourth-order valence-electron chi connectivity index (χ4n) is 1.55. The Labute approximate surface area is 134 Å². The van der Waals surface area contributed by atoms with Gasteiger partial charge < -0.3 is 10.4 Å². The highest BCUT2D eigenvalue weighted by atomic mass is 32.1. The van der Waals surface area contributed by atoms with Crippen LogP contribution in [-0.2, 0) is 0 Å². The van der Waals surface area contributed by atoms with E-state index in [0.29, 0.717) is 11.3 Å². The van der Waals surface area contributed by atoms with Crippen molar-refractivity contribution in [3.8, 4) is 11.9 Å². The molecule has 10 heteroatoms. The number of hydrogen-bond acceptors (Lipinski definition) is 6. The molecule has 0 amide bonds. The van der Waals surface area contributed by atoms with E-state index in [-0.39, 0.29) is 10.7 Å². The molecular weight excluding hydrogens is 320 g/mol. The van der Waals surface area contributed by atoms with Crippen LogP contribution < -0.4 is 22.0 Å². The first-order chi connectivity index (χ1) is 11.0. The van der Waals surface area contributed by atoms with Gasteiger partial charge in [-0.25, -0.2) is 4.79 Å². The third-order valence-corrected chi connectivity index (χ3v) is 2.78. The van der Waals surface area contributed by atoms with Gasteiger partial charge in [0.05, 0.1) is 17.8 Å². The lowest BCUT2D eigenvalue weighted by Crippen LogP contribution is -2.27. The maximum absolute atomic E-state index is 11.5. The molecule has 116 valence electrons. The molecule has 5 N–H and O–H groups in total. The number of H-pyrrole nitrogens is 2. The van der Waals surface area contributed by atoms with Crippen LogP contribution in [0.5, 0.6) is 5.88 Å². The highest BCUT2D eigenvalue weighted by Gasteiger charge is 2.05. The number of aromatic amines is 2. The normalized spacial score (nSPS) is 10.2. The molecule has 0 saturated carbocycles. The van der Waals surface area contributed by atoms with E-state index in [0.717, 1.165) is 6.21 Å². The Morgan fingerprint density at radius 2 is 2.00 bits per heavy atom. The van der Waals surface area contributed by atoms with Gasteiger partial charge in [-0.1, -0.05) is 0 Å². The van der Waals surface area contributed by atoms with Crippen molar-refractivity contribution in [3.63, 3.8) is 0 Å². The lowest BCUT2D eigenvalue weighted by atomic mass is 10.2. The van der Waals surface area contributed by atoms with Crippen LogP contribution in [0.3, 0.4) is 0 Å². The molecule has 1 aromatic heterocycles. The number of nitrogens with one attached hydrogen (secondary N) is 4. The highest BCUT2D eigenvalue weighted by molar-refractivity contribution is 7.80. The van der Waals surface area contributed by atoms with Crippen molar-refractivity contribution in [2.24, 2.45) is 5.10 Å². The second-order valence-corrected chi connectivity index (χ2v) is 4.59. The second-order valence-electron chi connectivity index (χ2n) is 4.18. The third-order valence-electron chi connectivity index (χ3n) is 2.59. The zero-order chi connectivity index (χ0) is 16.8. The molecule has 0 unspecified atom stereocenters. The predicted octanol–water partition coefficient (Wildman–Crippen LogP) is -0.0390. The quantitative estimate of drug-likeness (QED) is 0.301. The number of nitrogens with zero attached hydrogens (tertiary/aromatic N) is 2. The summed E-state index contributed by atoms with van der Waals surface area (Å²) in [4.78, 5) is 26.3. The van der Waals surface area contributed by atoms with Gasteiger partial charge in [0.15, 0.2) is 5.11 Å². The fourth-order valence-corrected chi connectivity index (χ4v) is 1.72. The van der Waals surface area contributed by atoms with Gasteiger partial charge in [0.25, 0.3) is 5.56 Å². The Balaban J connectivity index is 2.00. The topological polar surface area (TPSA) is 146 Å². The minimum atomic E-state index is -0.824. The Morgan fingerprint density at radius 3 is 2.61 bits per heavy atom. The number of rotatable bonds is 3. The first-order valence-electron chi connectivity index (χ1n) is 6.15. The lowest BCUT2D eigenvalue weighted by molar-refractivity contribution is 0.447. The Hall–Kier alpha value is -3.45. The summed E-state index contributed by atoms with van der Waals surface area (Å²) >= 11 is 4.99. The number of thiocarbonyl (C=S) groups is 1. The van der Waals surface area contributed by atoms with Gasteiger partial charge in [-0.2, -0.15) is 10.4 Å². The van der Waals surface area contributed by atoms with Gasteiger partial charge >= 0.3 is 5.69 Å². The summed E-state index contributed by atoms with van der Waals surface area (Å²) in [6, 6.07) is 8.55. The average Bonchev–Trinajstić information content (AvgIpc) is 2.50. The molecule has 0 fully saturated rings. The van der Waals surface area contributed by atoms with Crippen LogP contribution in [0, 0.1) is 11.3 Å². The van der Waals surface area contributed by atoms with Crippen LogP contribution in [0.4, 0.5) is 5.69 Å². The van der Waals surface area contributed by atoms with Crippen molar-refractivity contribution in [1.29, 1.82) is 5.26 Å². The van der Waals surface area contributed by atoms with Crippen LogP contribution in [0.1, 0.15) is 11.1 Å². The lowest BCUT2D eigenvalue weighted by Gasteiger charge is -2.06. The van der Waals surface area contributed by atoms with Crippen LogP contribution in [0.2, 0.25) is 0 Å². The van der Waals surface area contributed by atoms with Crippen molar-refractivity contribution >= 4 is 29.2 Å². The minimum absolute atomic E-state index is 0.131. The summed E-state index contributed by atoms with van der Waals surface area (Å²) in [5.74, 6) is -0.602. The first kappa shape index (κ1) is 15.9. The summed E-state index contributed by atoms with van der Waals surface area (Å²) in [6.07, 6.45) is 1.01. The number of aromatic hydroxyl groups is 1. The van der Waals surface area contributed by atoms with E-state index < -0.39 is 17.1 Å². The molecule has 0 saturated heterocycles. The summed E-state index contributed by atoms with van der Waals surface area (Å²) in [5.41, 5.74) is 1.76. The maximum Gasteiger partial charge on any atom is 0.328 e. The number of anilines is 1. The Kier molecular flexibility index (Phi) is 4.85. The number of benzene rings is 1. The van der Waals surface area contributed by atoms with E-state index in [1.165, 1.54) is 0 Å². The van der Waals surface area contributed by atoms with Crippen molar-refractivity contribution in [2.45, 2.75) is 0 Å². The third kappa shape index (κ3) is 4.26. The van der Waals surface area contributed by atoms with Gasteiger partial charge in [0.2, 0.25) is 5.88 Å². The number of nitriles is 1. The average molecular weight is 330 g/mol. The molecule has 0 radical (unpaired) electrons. The van der Waals surface area contributed by atoms with Crippen LogP contribution in [0.15, 0.2) is 39.0 Å². The molecule has 0 aliphatic rings. The van der Waals surface area contributed by atoms with Gasteiger partial charge in [0, 0.05) is 5.69 Å². The van der Waals surface area contributed by atoms with Crippen molar-refractivity contribution in [3.05, 3.63) is 56.2 Å². The van der Waals surface area contributed by atoms with Gasteiger partial charge in [0.1, 0.15) is 5.56 Å². The zero-order valence-electron chi connectivity index (χ0n) is 11.5. The van der Waals surface area contributed by atoms with Gasteiger partial charge in [-0.05, 0) is 36.5 Å². The Bertz CT molecular complexity index is 907. The van der Waals surface area contributed by atoms with E-state index >= 15 is 0 Å². The smallest absolute Gasteiger partial charge is 0.328 e. The number of aromatic nitrogens is 2. The second kappa shape index (κ2) is 7.01. The molecule has 0 spiro atoms. The molecule has 1 aromatic carbocycles. The zero-order valence-corrected chi connectivity index (χ0v) is 12.3. The SMILES string of the molecule is N#Cc1ccc(NC(=S)NN=Cc2c(O)[nH]c(=O)[nH]c2=O)cc1. The van der Waals surface area contributed by atoms with E-state index in [1.807, 2.05) is 16.0 Å². The fraction of sp³-hybridized carbons (Fsp3) is 0. The molecule has 2 rings (SSSR count). The van der Waals surface area contributed by atoms with Crippen molar-refractivity contribution in [2.75, 3.05) is 5.32 Å². The molecule has 0 aliphatic carbocycles. The standard InChI is InChI=1S/C13H10N6O3S/c14-5-7-1-3-8(4-2-7)16-13(23)19-15-6-9-10(20)17-12(22)18-11(9)21/h1-4,6H,(H2,16,19,23)(H3,17,18,20,21,22). The molecule has 0 aliphatic heterocycles. The molecule has 0 atom stereocenters. The van der Waals surface area contributed by atoms with E-state index in [4.69, 9.17) is 17.5 Å². The summed E-state index contributed by atoms with van der Waals surface area (Å²) in [5, 5.41) is 24.8. The first-order valence-corrected chi connectivity index (χ1v) is 6.56. The van der Waals surface area contributed by atoms with Crippen LogP contribution >= 0.6 is 12.2 Å². The van der Waals surface area contributed by atoms with Gasteiger partial charge in [-0.3, -0.25) is 20.2 Å². The van der Waals surface area contributed by atoms with Crippen molar-refractivity contribution in [1.82, 2.24) is 15.4 Å². The van der Waals surface area contributed by atoms with Crippen LogP contribution in [0.25, 0.3) is 0 Å². The summed E-state index contributed by atoms with van der Waals surface area (Å²) < 4.78 is 0. The number of hydrazone groups is 1. The molecule has 0 bridgehead atoms. The van der Waals surface area contributed by atoms with Gasteiger partial charge in [-0.15, -0.1) is 0 Å². The number of hydrogen-bond donors (Lipinski definition) is 5. The minimum Gasteiger partial charge on any atom is -0.494 e. The van der Waals surface area contributed by atoms with E-state index in [2.05, 4.69) is 15.8 Å². The maximum atomic E-state index is 11.5. The molecule has 23 heavy (non-hydrogen) atoms. The highest BCUT2D eigenvalue weighted by Crippen LogP contribution is 2.08. The molecule has 2 aromatic rings. The summed E-state index contributed by atoms with van der Waals surface area (Å²) in [7, 11) is 0. The summed E-state index contributed by atoms with van der Waals surface area (Å²) in [6.45, 7) is 0. The molecular formula is C13H10N6O3S.